The Morgan fingerprint density at radius 3 is 1.81 bits per heavy atom. The second-order valence-corrected chi connectivity index (χ2v) is 13.0. The standard InChI is InChI=1S/C28H27NO10S3/c1-9-15(30)29-18-13(11-10-12-14(18)35-4)16-22(27(29,2)3)40-19(24(32)37-6)17(23(31)36-5)28(16)41-20(25(33)38-7)21(42-28)26(34)39-8/h9-12H,1H2,2-8H3. The largest absolute Gasteiger partial charge is 0.495 e. The molecule has 42 heavy (non-hydrogen) atoms. The number of fused-ring (bicyclic) bond motifs is 3. The number of hydrogen-bond donors (Lipinski definition) is 0. The van der Waals surface area contributed by atoms with Gasteiger partial charge in [0, 0.05) is 16.0 Å². The molecule has 0 aromatic heterocycles. The molecule has 0 bridgehead atoms. The molecular formula is C28H27NO10S3. The number of para-hydroxylation sites is 1. The minimum atomic E-state index is -1.67. The van der Waals surface area contributed by atoms with Crippen LogP contribution < -0.4 is 9.64 Å². The number of amides is 1. The lowest BCUT2D eigenvalue weighted by atomic mass is 9.83. The lowest BCUT2D eigenvalue weighted by Crippen LogP contribution is -2.53. The minimum absolute atomic E-state index is 0.134. The van der Waals surface area contributed by atoms with Crippen molar-refractivity contribution in [3.63, 3.8) is 0 Å². The summed E-state index contributed by atoms with van der Waals surface area (Å²) in [5.74, 6) is -3.56. The van der Waals surface area contributed by atoms with E-state index in [9.17, 15) is 24.0 Å². The SMILES string of the molecule is C=CC(=O)N1c2c(OC)cccc2C2=C(SC(C(=O)OC)=C(C(=O)OC)C23SC(C(=O)OC)=C(C(=O)OC)S3)C1(C)C. The molecule has 11 nitrogen and oxygen atoms in total. The third-order valence-corrected chi connectivity index (χ3v) is 11.4. The Balaban J connectivity index is 2.21. The Morgan fingerprint density at radius 1 is 0.810 bits per heavy atom. The van der Waals surface area contributed by atoms with Gasteiger partial charge in [-0.05, 0) is 26.0 Å². The maximum atomic E-state index is 13.6. The van der Waals surface area contributed by atoms with Crippen LogP contribution >= 0.6 is 35.3 Å². The number of nitrogens with zero attached hydrogens (tertiary/aromatic N) is 1. The second kappa shape index (κ2) is 11.6. The molecule has 0 atom stereocenters. The van der Waals surface area contributed by atoms with Crippen molar-refractivity contribution in [1.29, 1.82) is 0 Å². The Kier molecular flexibility index (Phi) is 8.63. The normalized spacial score (nSPS) is 18.2. The quantitative estimate of drug-likeness (QED) is 0.256. The number of hydrogen-bond acceptors (Lipinski definition) is 13. The van der Waals surface area contributed by atoms with E-state index in [0.717, 1.165) is 69.8 Å². The maximum Gasteiger partial charge on any atom is 0.345 e. The van der Waals surface area contributed by atoms with Crippen molar-refractivity contribution in [2.45, 2.75) is 23.5 Å². The monoisotopic (exact) mass is 633 g/mol. The van der Waals surface area contributed by atoms with Gasteiger partial charge in [0.2, 0.25) is 0 Å². The third kappa shape index (κ3) is 4.52. The van der Waals surface area contributed by atoms with Crippen LogP contribution in [0.5, 0.6) is 5.75 Å². The van der Waals surface area contributed by atoms with E-state index < -0.39 is 39.4 Å². The first-order valence-electron chi connectivity index (χ1n) is 12.2. The van der Waals surface area contributed by atoms with Crippen molar-refractivity contribution in [2.75, 3.05) is 40.4 Å². The zero-order chi connectivity index (χ0) is 31.1. The van der Waals surface area contributed by atoms with Gasteiger partial charge < -0.3 is 23.7 Å². The highest BCUT2D eigenvalue weighted by molar-refractivity contribution is 8.26. The molecule has 0 aliphatic carbocycles. The zero-order valence-electron chi connectivity index (χ0n) is 23.8. The van der Waals surface area contributed by atoms with E-state index in [0.29, 0.717) is 27.5 Å². The van der Waals surface area contributed by atoms with Gasteiger partial charge in [0.25, 0.3) is 5.91 Å². The number of esters is 4. The minimum Gasteiger partial charge on any atom is -0.495 e. The maximum absolute atomic E-state index is 13.6. The fraction of sp³-hybridized carbons (Fsp3) is 0.321. The van der Waals surface area contributed by atoms with E-state index in [-0.39, 0.29) is 20.3 Å². The average Bonchev–Trinajstić information content (AvgIpc) is 3.38. The topological polar surface area (TPSA) is 135 Å². The van der Waals surface area contributed by atoms with Gasteiger partial charge in [-0.1, -0.05) is 54.0 Å². The first kappa shape index (κ1) is 31.3. The van der Waals surface area contributed by atoms with Gasteiger partial charge in [-0.15, -0.1) is 0 Å². The fourth-order valence-corrected chi connectivity index (χ4v) is 10.0. The number of rotatable bonds is 6. The number of carbonyl (C=O) groups excluding carboxylic acids is 5. The van der Waals surface area contributed by atoms with E-state index in [1.54, 1.807) is 32.0 Å². The van der Waals surface area contributed by atoms with Crippen LogP contribution in [0.1, 0.15) is 19.4 Å². The predicted molar refractivity (Wildman–Crippen MR) is 159 cm³/mol. The highest BCUT2D eigenvalue weighted by atomic mass is 32.2. The molecular weight excluding hydrogens is 607 g/mol. The van der Waals surface area contributed by atoms with Gasteiger partial charge in [0.1, 0.15) is 24.5 Å². The van der Waals surface area contributed by atoms with Crippen molar-refractivity contribution < 1.29 is 47.7 Å². The summed E-state index contributed by atoms with van der Waals surface area (Å²) in [6.45, 7) is 7.19. The fourth-order valence-electron chi connectivity index (χ4n) is 4.96. The van der Waals surface area contributed by atoms with E-state index in [4.69, 9.17) is 23.7 Å². The van der Waals surface area contributed by atoms with Crippen LogP contribution in [0.2, 0.25) is 0 Å². The van der Waals surface area contributed by atoms with Gasteiger partial charge in [-0.2, -0.15) is 0 Å². The Morgan fingerprint density at radius 2 is 1.33 bits per heavy atom. The number of carbonyl (C=O) groups is 5. The van der Waals surface area contributed by atoms with Crippen LogP contribution in [0.15, 0.2) is 56.0 Å². The molecule has 1 aromatic rings. The summed E-state index contributed by atoms with van der Waals surface area (Å²) >= 11 is 2.64. The molecule has 0 saturated carbocycles. The van der Waals surface area contributed by atoms with Gasteiger partial charge >= 0.3 is 23.9 Å². The molecule has 222 valence electrons. The van der Waals surface area contributed by atoms with Crippen LogP contribution in [0.25, 0.3) is 5.57 Å². The number of methoxy groups -OCH3 is 5. The summed E-state index contributed by atoms with van der Waals surface area (Å²) < 4.78 is 24.2. The summed E-state index contributed by atoms with van der Waals surface area (Å²) in [6, 6.07) is 5.10. The van der Waals surface area contributed by atoms with E-state index >= 15 is 0 Å². The molecule has 14 heteroatoms. The molecule has 3 aliphatic rings. The lowest BCUT2D eigenvalue weighted by molar-refractivity contribution is -0.138. The number of ether oxygens (including phenoxy) is 5. The smallest absolute Gasteiger partial charge is 0.345 e. The zero-order valence-corrected chi connectivity index (χ0v) is 26.2. The van der Waals surface area contributed by atoms with Gasteiger partial charge in [-0.3, -0.25) is 9.69 Å². The molecule has 1 spiro atoms. The van der Waals surface area contributed by atoms with Crippen LogP contribution in [-0.2, 0) is 42.9 Å². The van der Waals surface area contributed by atoms with Gasteiger partial charge in [0.05, 0.1) is 52.3 Å². The number of benzene rings is 1. The highest BCUT2D eigenvalue weighted by Gasteiger charge is 2.62. The second-order valence-electron chi connectivity index (χ2n) is 9.25. The lowest BCUT2D eigenvalue weighted by Gasteiger charge is -2.50. The Labute approximate surface area is 254 Å². The summed E-state index contributed by atoms with van der Waals surface area (Å²) in [5, 5.41) is 0. The van der Waals surface area contributed by atoms with Crippen LogP contribution in [-0.4, -0.2) is 75.0 Å². The molecule has 0 fully saturated rings. The van der Waals surface area contributed by atoms with Gasteiger partial charge in [-0.25, -0.2) is 19.2 Å². The number of anilines is 1. The van der Waals surface area contributed by atoms with Crippen LogP contribution in [0, 0.1) is 0 Å². The van der Waals surface area contributed by atoms with E-state index in [2.05, 4.69) is 6.58 Å². The van der Waals surface area contributed by atoms with E-state index in [1.807, 2.05) is 0 Å². The van der Waals surface area contributed by atoms with Crippen LogP contribution in [0.3, 0.4) is 0 Å². The predicted octanol–water partition coefficient (Wildman–Crippen LogP) is 3.80. The van der Waals surface area contributed by atoms with Crippen molar-refractivity contribution in [2.24, 2.45) is 0 Å². The summed E-state index contributed by atoms with van der Waals surface area (Å²) in [4.78, 5) is 68.1. The van der Waals surface area contributed by atoms with Crippen molar-refractivity contribution >= 4 is 76.3 Å². The summed E-state index contributed by atoms with van der Waals surface area (Å²) in [6.07, 6.45) is 1.16. The van der Waals surface area contributed by atoms with Crippen molar-refractivity contribution in [1.82, 2.24) is 0 Å². The van der Waals surface area contributed by atoms with E-state index in [1.165, 1.54) is 12.0 Å². The Hall–Kier alpha value is -3.62. The number of thioether (sulfide) groups is 3. The molecule has 0 saturated heterocycles. The van der Waals surface area contributed by atoms with Crippen molar-refractivity contribution in [3.8, 4) is 5.75 Å². The molecule has 1 aromatic carbocycles. The first-order valence-corrected chi connectivity index (χ1v) is 14.6. The molecule has 0 radical (unpaired) electrons. The molecule has 1 amide bonds. The average molecular weight is 634 g/mol. The third-order valence-electron chi connectivity index (χ3n) is 6.74. The summed E-state index contributed by atoms with van der Waals surface area (Å²) in [5.41, 5.74) is -0.0768. The van der Waals surface area contributed by atoms with Gasteiger partial charge in [0.15, 0.2) is 0 Å². The first-order chi connectivity index (χ1) is 19.9. The molecule has 0 unspecified atom stereocenters. The molecule has 3 aliphatic heterocycles. The van der Waals surface area contributed by atoms with Crippen LogP contribution in [0.4, 0.5) is 5.69 Å². The van der Waals surface area contributed by atoms with Crippen molar-refractivity contribution in [3.05, 3.63) is 61.6 Å². The molecule has 0 N–H and O–H groups in total. The highest BCUT2D eigenvalue weighted by Crippen LogP contribution is 2.71. The Bertz CT molecular complexity index is 1510. The molecule has 3 heterocycles. The molecule has 4 rings (SSSR count). The summed E-state index contributed by atoms with van der Waals surface area (Å²) in [7, 11) is 6.07.